The molecule has 1 N–H and O–H groups in total. The smallest absolute Gasteiger partial charge is 0.142 e. The van der Waals surface area contributed by atoms with E-state index in [-0.39, 0.29) is 5.92 Å². The van der Waals surface area contributed by atoms with Crippen LogP contribution in [0.4, 0.5) is 5.82 Å². The van der Waals surface area contributed by atoms with E-state index < -0.39 is 0 Å². The molecule has 4 nitrogen and oxygen atoms in total. The number of ether oxygens (including phenoxy) is 1. The largest absolute Gasteiger partial charge is 0.493 e. The number of rotatable bonds is 2. The van der Waals surface area contributed by atoms with Crippen molar-refractivity contribution in [3.8, 4) is 5.75 Å². The summed E-state index contributed by atoms with van der Waals surface area (Å²) in [5.74, 6) is 2.93. The number of nitrogens with one attached hydrogen (secondary N) is 1. The first-order valence-electron chi connectivity index (χ1n) is 6.19. The molecule has 3 rings (SSSR count). The first-order valence-corrected chi connectivity index (χ1v) is 7.26. The van der Waals surface area contributed by atoms with Crippen LogP contribution in [0, 0.1) is 3.57 Å². The van der Waals surface area contributed by atoms with Gasteiger partial charge in [-0.15, -0.1) is 0 Å². The summed E-state index contributed by atoms with van der Waals surface area (Å²) in [4.78, 5) is 9.02. The van der Waals surface area contributed by atoms with Crippen LogP contribution in [0.3, 0.4) is 0 Å². The Labute approximate surface area is 125 Å². The van der Waals surface area contributed by atoms with Crippen molar-refractivity contribution in [1.29, 1.82) is 0 Å². The predicted molar refractivity (Wildman–Crippen MR) is 82.7 cm³/mol. The highest BCUT2D eigenvalue weighted by atomic mass is 127. The van der Waals surface area contributed by atoms with E-state index in [0.29, 0.717) is 6.61 Å². The summed E-state index contributed by atoms with van der Waals surface area (Å²) in [6, 6.07) is 8.16. The fraction of sp³-hybridized carbons (Fsp3) is 0.286. The van der Waals surface area contributed by atoms with Crippen molar-refractivity contribution in [2.45, 2.75) is 12.3 Å². The van der Waals surface area contributed by atoms with Gasteiger partial charge in [-0.25, -0.2) is 9.97 Å². The molecule has 98 valence electrons. The Balaban J connectivity index is 1.89. The molecule has 0 bridgehead atoms. The van der Waals surface area contributed by atoms with Crippen molar-refractivity contribution in [3.05, 3.63) is 45.4 Å². The number of benzene rings is 1. The summed E-state index contributed by atoms with van der Waals surface area (Å²) in [5.41, 5.74) is 1.23. The number of para-hydroxylation sites is 1. The van der Waals surface area contributed by atoms with Crippen LogP contribution < -0.4 is 10.1 Å². The van der Waals surface area contributed by atoms with Crippen molar-refractivity contribution in [1.82, 2.24) is 9.97 Å². The maximum absolute atomic E-state index is 5.79. The van der Waals surface area contributed by atoms with Crippen LogP contribution in [0.2, 0.25) is 0 Å². The summed E-state index contributed by atoms with van der Waals surface area (Å²) < 4.78 is 6.82. The number of nitrogens with zero attached hydrogens (tertiary/aromatic N) is 2. The molecule has 1 aliphatic rings. The summed E-state index contributed by atoms with van der Waals surface area (Å²) in [6.07, 6.45) is 2.79. The van der Waals surface area contributed by atoms with Crippen LogP contribution in [0.1, 0.15) is 17.3 Å². The van der Waals surface area contributed by atoms with Gasteiger partial charge in [0.05, 0.1) is 16.1 Å². The molecule has 19 heavy (non-hydrogen) atoms. The van der Waals surface area contributed by atoms with E-state index in [1.807, 2.05) is 31.4 Å². The molecule has 1 unspecified atom stereocenters. The standard InChI is InChI=1S/C14H14IN3O/c1-16-14-11(15)7-17-13(18-14)10-6-9-4-2-3-5-12(9)19-8-10/h2-5,7,10H,6,8H2,1H3,(H,16,17,18). The summed E-state index contributed by atoms with van der Waals surface area (Å²) in [7, 11) is 1.88. The van der Waals surface area contributed by atoms with Gasteiger partial charge >= 0.3 is 0 Å². The third-order valence-electron chi connectivity index (χ3n) is 3.24. The fourth-order valence-corrected chi connectivity index (χ4v) is 2.78. The second kappa shape index (κ2) is 5.32. The molecule has 0 saturated carbocycles. The minimum atomic E-state index is 0.221. The highest BCUT2D eigenvalue weighted by molar-refractivity contribution is 14.1. The molecule has 0 saturated heterocycles. The molecule has 0 amide bonds. The van der Waals surface area contributed by atoms with Crippen LogP contribution in [0.5, 0.6) is 5.75 Å². The van der Waals surface area contributed by atoms with E-state index in [0.717, 1.165) is 27.4 Å². The van der Waals surface area contributed by atoms with Crippen molar-refractivity contribution >= 4 is 28.4 Å². The number of hydrogen-bond donors (Lipinski definition) is 1. The molecule has 0 spiro atoms. The van der Waals surface area contributed by atoms with E-state index in [9.17, 15) is 0 Å². The van der Waals surface area contributed by atoms with Gasteiger partial charge in [-0.2, -0.15) is 0 Å². The lowest BCUT2D eigenvalue weighted by Gasteiger charge is -2.24. The first kappa shape index (κ1) is 12.7. The zero-order valence-corrected chi connectivity index (χ0v) is 12.7. The lowest BCUT2D eigenvalue weighted by atomic mass is 9.96. The maximum atomic E-state index is 5.79. The molecule has 5 heteroatoms. The molecular weight excluding hydrogens is 353 g/mol. The van der Waals surface area contributed by atoms with Gasteiger partial charge in [-0.3, -0.25) is 0 Å². The van der Waals surface area contributed by atoms with Gasteiger partial charge in [0, 0.05) is 13.2 Å². The van der Waals surface area contributed by atoms with Gasteiger partial charge in [0.2, 0.25) is 0 Å². The number of halogens is 1. The predicted octanol–water partition coefficient (Wildman–Crippen LogP) is 2.84. The van der Waals surface area contributed by atoms with Crippen LogP contribution in [0.25, 0.3) is 0 Å². The fourth-order valence-electron chi connectivity index (χ4n) is 2.25. The third-order valence-corrected chi connectivity index (χ3v) is 4.03. The SMILES string of the molecule is CNc1nc(C2COc3ccccc3C2)ncc1I. The molecule has 1 aromatic carbocycles. The Morgan fingerprint density at radius 3 is 3.05 bits per heavy atom. The molecule has 2 aromatic rings. The topological polar surface area (TPSA) is 47.0 Å². The van der Waals surface area contributed by atoms with Gasteiger partial charge < -0.3 is 10.1 Å². The van der Waals surface area contributed by atoms with Crippen molar-refractivity contribution in [2.24, 2.45) is 0 Å². The normalized spacial score (nSPS) is 17.5. The molecule has 1 aromatic heterocycles. The molecule has 2 heterocycles. The van der Waals surface area contributed by atoms with Crippen LogP contribution in [0.15, 0.2) is 30.5 Å². The Morgan fingerprint density at radius 2 is 2.21 bits per heavy atom. The molecule has 0 aliphatic carbocycles. The molecule has 1 atom stereocenters. The van der Waals surface area contributed by atoms with Crippen molar-refractivity contribution in [3.63, 3.8) is 0 Å². The second-order valence-electron chi connectivity index (χ2n) is 4.49. The summed E-state index contributed by atoms with van der Waals surface area (Å²) >= 11 is 2.23. The summed E-state index contributed by atoms with van der Waals surface area (Å²) in [5, 5.41) is 3.09. The molecule has 0 fully saturated rings. The molecule has 0 radical (unpaired) electrons. The van der Waals surface area contributed by atoms with E-state index in [2.05, 4.69) is 43.9 Å². The minimum absolute atomic E-state index is 0.221. The Morgan fingerprint density at radius 1 is 1.37 bits per heavy atom. The van der Waals surface area contributed by atoms with E-state index >= 15 is 0 Å². The minimum Gasteiger partial charge on any atom is -0.493 e. The molecular formula is C14H14IN3O. The van der Waals surface area contributed by atoms with E-state index in [1.54, 1.807) is 0 Å². The van der Waals surface area contributed by atoms with Crippen molar-refractivity contribution < 1.29 is 4.74 Å². The summed E-state index contributed by atoms with van der Waals surface area (Å²) in [6.45, 7) is 0.640. The quantitative estimate of drug-likeness (QED) is 0.830. The van der Waals surface area contributed by atoms with Gasteiger partial charge in [0.15, 0.2) is 0 Å². The first-order chi connectivity index (χ1) is 9.28. The lowest BCUT2D eigenvalue weighted by Crippen LogP contribution is -2.21. The number of fused-ring (bicyclic) bond motifs is 1. The number of hydrogen-bond acceptors (Lipinski definition) is 4. The van der Waals surface area contributed by atoms with Gasteiger partial charge in [-0.1, -0.05) is 18.2 Å². The highest BCUT2D eigenvalue weighted by Crippen LogP contribution is 2.31. The number of anilines is 1. The Hall–Kier alpha value is -1.37. The second-order valence-corrected chi connectivity index (χ2v) is 5.66. The highest BCUT2D eigenvalue weighted by Gasteiger charge is 2.23. The van der Waals surface area contributed by atoms with Crippen LogP contribution >= 0.6 is 22.6 Å². The van der Waals surface area contributed by atoms with Crippen molar-refractivity contribution in [2.75, 3.05) is 19.0 Å². The number of aromatic nitrogens is 2. The maximum Gasteiger partial charge on any atom is 0.142 e. The van der Waals surface area contributed by atoms with Crippen LogP contribution in [-0.4, -0.2) is 23.6 Å². The van der Waals surface area contributed by atoms with Crippen LogP contribution in [-0.2, 0) is 6.42 Å². The van der Waals surface area contributed by atoms with Gasteiger partial charge in [0.1, 0.15) is 17.4 Å². The van der Waals surface area contributed by atoms with E-state index in [1.165, 1.54) is 5.56 Å². The lowest BCUT2D eigenvalue weighted by molar-refractivity contribution is 0.258. The van der Waals surface area contributed by atoms with Gasteiger partial charge in [-0.05, 0) is 40.6 Å². The average molecular weight is 367 g/mol. The average Bonchev–Trinajstić information content (AvgIpc) is 2.47. The van der Waals surface area contributed by atoms with Gasteiger partial charge in [0.25, 0.3) is 0 Å². The zero-order chi connectivity index (χ0) is 13.2. The van der Waals surface area contributed by atoms with E-state index in [4.69, 9.17) is 4.74 Å². The Kier molecular flexibility index (Phi) is 3.54. The zero-order valence-electron chi connectivity index (χ0n) is 10.6. The monoisotopic (exact) mass is 367 g/mol. The Bertz CT molecular complexity index is 603. The third kappa shape index (κ3) is 2.51. The molecule has 1 aliphatic heterocycles.